The molecule has 2 aromatic carbocycles. The second kappa shape index (κ2) is 11.1. The van der Waals surface area contributed by atoms with Gasteiger partial charge in [0.25, 0.3) is 0 Å². The van der Waals surface area contributed by atoms with Crippen LogP contribution in [-0.4, -0.2) is 61.3 Å². The molecule has 2 heterocycles. The van der Waals surface area contributed by atoms with Gasteiger partial charge in [-0.2, -0.15) is 0 Å². The summed E-state index contributed by atoms with van der Waals surface area (Å²) in [6.45, 7) is 2.17. The van der Waals surface area contributed by atoms with Crippen molar-refractivity contribution in [3.63, 3.8) is 0 Å². The van der Waals surface area contributed by atoms with Gasteiger partial charge in [0.15, 0.2) is 11.5 Å². The zero-order valence-corrected chi connectivity index (χ0v) is 20.0. The molecule has 4 rings (SSSR count). The summed E-state index contributed by atoms with van der Waals surface area (Å²) in [5.41, 5.74) is 1.31. The molecule has 182 valence electrons. The summed E-state index contributed by atoms with van der Waals surface area (Å²) in [6, 6.07) is 11.7. The van der Waals surface area contributed by atoms with Crippen molar-refractivity contribution in [1.29, 1.82) is 0 Å². The molecule has 2 aliphatic rings. The Hall–Kier alpha value is -2.82. The van der Waals surface area contributed by atoms with Crippen LogP contribution in [0.4, 0.5) is 10.1 Å². The van der Waals surface area contributed by atoms with Crippen LogP contribution in [0.3, 0.4) is 0 Å². The van der Waals surface area contributed by atoms with Gasteiger partial charge in [0.05, 0.1) is 25.9 Å². The summed E-state index contributed by atoms with van der Waals surface area (Å²) in [4.78, 5) is 27.4. The first-order valence-corrected chi connectivity index (χ1v) is 12.2. The maximum absolute atomic E-state index is 13.1. The third-order valence-corrected chi connectivity index (χ3v) is 7.06. The number of fused-ring (bicyclic) bond motifs is 1. The van der Waals surface area contributed by atoms with Crippen molar-refractivity contribution < 1.29 is 23.5 Å². The molecule has 10 heteroatoms. The van der Waals surface area contributed by atoms with Gasteiger partial charge in [0.2, 0.25) is 11.8 Å². The molecule has 8 nitrogen and oxygen atoms in total. The maximum Gasteiger partial charge on any atom is 0.234 e. The highest BCUT2D eigenvalue weighted by Crippen LogP contribution is 2.30. The zero-order valence-electron chi connectivity index (χ0n) is 19.2. The molecule has 0 aromatic heterocycles. The van der Waals surface area contributed by atoms with Crippen LogP contribution in [-0.2, 0) is 16.1 Å². The monoisotopic (exact) mass is 488 g/mol. The molecule has 0 bridgehead atoms. The van der Waals surface area contributed by atoms with Crippen LogP contribution >= 0.6 is 11.8 Å². The van der Waals surface area contributed by atoms with E-state index in [2.05, 4.69) is 20.9 Å². The molecule has 2 amide bonds. The lowest BCUT2D eigenvalue weighted by Crippen LogP contribution is -2.64. The smallest absolute Gasteiger partial charge is 0.234 e. The number of anilines is 1. The molecule has 3 atom stereocenters. The number of benzene rings is 2. The predicted octanol–water partition coefficient (Wildman–Crippen LogP) is 2.41. The minimum Gasteiger partial charge on any atom is -0.493 e. The molecule has 0 spiro atoms. The zero-order chi connectivity index (χ0) is 24.1. The summed E-state index contributed by atoms with van der Waals surface area (Å²) in [5.74, 6) is 0.703. The van der Waals surface area contributed by atoms with Crippen molar-refractivity contribution in [2.75, 3.05) is 38.4 Å². The van der Waals surface area contributed by atoms with E-state index in [0.717, 1.165) is 18.5 Å². The SMILES string of the molecule is COc1ccc(NC(=O)CSC2NC(=O)C3CN(Cc4ccc(F)cc4)CCC3N2)cc1OC. The molecule has 0 radical (unpaired) electrons. The van der Waals surface area contributed by atoms with Gasteiger partial charge < -0.3 is 20.1 Å². The van der Waals surface area contributed by atoms with Gasteiger partial charge in [-0.25, -0.2) is 4.39 Å². The predicted molar refractivity (Wildman–Crippen MR) is 129 cm³/mol. The molecule has 2 fully saturated rings. The number of nitrogens with zero attached hydrogens (tertiary/aromatic N) is 1. The van der Waals surface area contributed by atoms with Gasteiger partial charge in [-0.1, -0.05) is 12.1 Å². The number of hydrogen-bond acceptors (Lipinski definition) is 7. The number of likely N-dealkylation sites (tertiary alicyclic amines) is 1. The third-order valence-electron chi connectivity index (χ3n) is 6.04. The van der Waals surface area contributed by atoms with Gasteiger partial charge in [-0.3, -0.25) is 19.8 Å². The van der Waals surface area contributed by atoms with Gasteiger partial charge in [-0.05, 0) is 36.2 Å². The molecular weight excluding hydrogens is 459 g/mol. The minimum absolute atomic E-state index is 0.00893. The summed E-state index contributed by atoms with van der Waals surface area (Å²) < 4.78 is 23.6. The van der Waals surface area contributed by atoms with E-state index >= 15 is 0 Å². The average molecular weight is 489 g/mol. The minimum atomic E-state index is -0.325. The average Bonchev–Trinajstić information content (AvgIpc) is 2.84. The van der Waals surface area contributed by atoms with Crippen molar-refractivity contribution in [3.8, 4) is 11.5 Å². The van der Waals surface area contributed by atoms with Crippen LogP contribution in [0.5, 0.6) is 11.5 Å². The Labute approximate surface area is 202 Å². The molecule has 3 N–H and O–H groups in total. The Kier molecular flexibility index (Phi) is 7.91. The lowest BCUT2D eigenvalue weighted by atomic mass is 9.89. The summed E-state index contributed by atoms with van der Waals surface area (Å²) in [7, 11) is 3.09. The number of nitrogens with one attached hydrogen (secondary N) is 3. The molecule has 2 aromatic rings. The van der Waals surface area contributed by atoms with Crippen LogP contribution in [0.25, 0.3) is 0 Å². The second-order valence-electron chi connectivity index (χ2n) is 8.35. The maximum atomic E-state index is 13.1. The highest BCUT2D eigenvalue weighted by atomic mass is 32.2. The number of amides is 2. The van der Waals surface area contributed by atoms with Gasteiger partial charge >= 0.3 is 0 Å². The van der Waals surface area contributed by atoms with Crippen molar-refractivity contribution in [2.45, 2.75) is 24.5 Å². The number of piperidine rings is 1. The summed E-state index contributed by atoms with van der Waals surface area (Å²) >= 11 is 1.35. The van der Waals surface area contributed by atoms with E-state index in [9.17, 15) is 14.0 Å². The Balaban J connectivity index is 1.25. The van der Waals surface area contributed by atoms with Crippen LogP contribution in [0.15, 0.2) is 42.5 Å². The molecular formula is C24H29FN4O4S. The number of rotatable bonds is 8. The number of ether oxygens (including phenoxy) is 2. The number of halogens is 1. The van der Waals surface area contributed by atoms with E-state index in [1.54, 1.807) is 37.4 Å². The largest absolute Gasteiger partial charge is 0.493 e. The lowest BCUT2D eigenvalue weighted by Gasteiger charge is -2.43. The topological polar surface area (TPSA) is 91.9 Å². The highest BCUT2D eigenvalue weighted by molar-refractivity contribution is 8.00. The van der Waals surface area contributed by atoms with Gasteiger partial charge in [-0.15, -0.1) is 11.8 Å². The number of hydrogen-bond donors (Lipinski definition) is 3. The van der Waals surface area contributed by atoms with E-state index < -0.39 is 0 Å². The molecule has 34 heavy (non-hydrogen) atoms. The first-order chi connectivity index (χ1) is 16.4. The first kappa shape index (κ1) is 24.3. The number of carbonyl (C=O) groups is 2. The summed E-state index contributed by atoms with van der Waals surface area (Å²) in [6.07, 6.45) is 0.828. The Morgan fingerprint density at radius 1 is 1.18 bits per heavy atom. The normalized spacial score (nSPS) is 22.4. The molecule has 2 saturated heterocycles. The fourth-order valence-corrected chi connectivity index (χ4v) is 5.17. The van der Waals surface area contributed by atoms with E-state index in [1.165, 1.54) is 31.0 Å². The summed E-state index contributed by atoms with van der Waals surface area (Å²) in [5, 5.41) is 9.29. The quantitative estimate of drug-likeness (QED) is 0.526. The van der Waals surface area contributed by atoms with Crippen molar-refractivity contribution in [3.05, 3.63) is 53.8 Å². The van der Waals surface area contributed by atoms with Crippen LogP contribution in [0.2, 0.25) is 0 Å². The number of carbonyl (C=O) groups excluding carboxylic acids is 2. The number of thioether (sulfide) groups is 1. The molecule has 0 saturated carbocycles. The number of methoxy groups -OCH3 is 2. The third kappa shape index (κ3) is 5.99. The lowest BCUT2D eigenvalue weighted by molar-refractivity contribution is -0.130. The van der Waals surface area contributed by atoms with E-state index in [4.69, 9.17) is 9.47 Å². The van der Waals surface area contributed by atoms with E-state index in [-0.39, 0.29) is 40.8 Å². The fourth-order valence-electron chi connectivity index (χ4n) is 4.31. The second-order valence-corrected chi connectivity index (χ2v) is 9.44. The molecule has 3 unspecified atom stereocenters. The van der Waals surface area contributed by atoms with Crippen LogP contribution in [0.1, 0.15) is 12.0 Å². The molecule has 2 aliphatic heterocycles. The van der Waals surface area contributed by atoms with E-state index in [0.29, 0.717) is 30.3 Å². The Morgan fingerprint density at radius 2 is 1.94 bits per heavy atom. The standard InChI is InChI=1S/C24H29FN4O4S/c1-32-20-8-7-17(11-21(20)33-2)26-22(30)14-34-24-27-19-9-10-29(13-18(19)23(31)28-24)12-15-3-5-16(25)6-4-15/h3-8,11,18-19,24,27H,9-10,12-14H2,1-2H3,(H,26,30)(H,28,31). The molecule has 0 aliphatic carbocycles. The van der Waals surface area contributed by atoms with Crippen LogP contribution in [0, 0.1) is 11.7 Å². The van der Waals surface area contributed by atoms with E-state index in [1.807, 2.05) is 0 Å². The first-order valence-electron chi connectivity index (χ1n) is 11.1. The van der Waals surface area contributed by atoms with Gasteiger partial charge in [0.1, 0.15) is 11.3 Å². The van der Waals surface area contributed by atoms with Crippen molar-refractivity contribution >= 4 is 29.3 Å². The van der Waals surface area contributed by atoms with Gasteiger partial charge in [0, 0.05) is 37.4 Å². The Morgan fingerprint density at radius 3 is 2.68 bits per heavy atom. The van der Waals surface area contributed by atoms with Crippen molar-refractivity contribution in [2.24, 2.45) is 5.92 Å². The Bertz CT molecular complexity index is 1020. The van der Waals surface area contributed by atoms with Crippen LogP contribution < -0.4 is 25.4 Å². The fraction of sp³-hybridized carbons (Fsp3) is 0.417. The highest BCUT2D eigenvalue weighted by Gasteiger charge is 2.40. The van der Waals surface area contributed by atoms with Crippen molar-refractivity contribution in [1.82, 2.24) is 15.5 Å².